The summed E-state index contributed by atoms with van der Waals surface area (Å²) in [4.78, 5) is 0. The van der Waals surface area contributed by atoms with Crippen molar-refractivity contribution in [2.45, 2.75) is 26.3 Å². The lowest BCUT2D eigenvalue weighted by Crippen LogP contribution is -2.23. The van der Waals surface area contributed by atoms with Gasteiger partial charge in [-0.05, 0) is 59.3 Å². The standard InChI is InChI=1S/C13H16BrF2N/c1-8(9-2-3-9)6-17-7-10-12(15)5-4-11(14)13(10)16/h4-5,8-9,17H,2-3,6-7H2,1H3. The van der Waals surface area contributed by atoms with Crippen molar-refractivity contribution in [1.29, 1.82) is 0 Å². The average Bonchev–Trinajstić information content (AvgIpc) is 3.12. The van der Waals surface area contributed by atoms with E-state index in [4.69, 9.17) is 0 Å². The molecule has 1 aromatic rings. The number of hydrogen-bond acceptors (Lipinski definition) is 1. The van der Waals surface area contributed by atoms with Crippen molar-refractivity contribution in [3.8, 4) is 0 Å². The van der Waals surface area contributed by atoms with Crippen LogP contribution in [0.3, 0.4) is 0 Å². The monoisotopic (exact) mass is 303 g/mol. The van der Waals surface area contributed by atoms with Crippen molar-refractivity contribution in [1.82, 2.24) is 5.32 Å². The molecule has 1 aliphatic rings. The minimum Gasteiger partial charge on any atom is -0.312 e. The fourth-order valence-electron chi connectivity index (χ4n) is 1.99. The highest BCUT2D eigenvalue weighted by Gasteiger charge is 2.27. The van der Waals surface area contributed by atoms with Gasteiger partial charge in [0, 0.05) is 12.1 Å². The van der Waals surface area contributed by atoms with Gasteiger partial charge in [0.2, 0.25) is 0 Å². The SMILES string of the molecule is CC(CNCc1c(F)ccc(Br)c1F)C1CC1. The molecule has 1 aliphatic carbocycles. The lowest BCUT2D eigenvalue weighted by atomic mass is 10.1. The molecule has 0 aliphatic heterocycles. The maximum atomic E-state index is 13.6. The second-order valence-corrected chi connectivity index (χ2v) is 5.62. The zero-order valence-electron chi connectivity index (χ0n) is 9.77. The lowest BCUT2D eigenvalue weighted by molar-refractivity contribution is 0.450. The summed E-state index contributed by atoms with van der Waals surface area (Å²) in [5.41, 5.74) is 0.113. The van der Waals surface area contributed by atoms with Crippen molar-refractivity contribution in [2.75, 3.05) is 6.54 Å². The molecule has 1 nitrogen and oxygen atoms in total. The third-order valence-electron chi connectivity index (χ3n) is 3.33. The molecule has 2 rings (SSSR count). The van der Waals surface area contributed by atoms with Crippen LogP contribution in [0.15, 0.2) is 16.6 Å². The van der Waals surface area contributed by atoms with Crippen molar-refractivity contribution in [3.63, 3.8) is 0 Å². The Balaban J connectivity index is 1.91. The zero-order valence-corrected chi connectivity index (χ0v) is 11.4. The highest BCUT2D eigenvalue weighted by atomic mass is 79.9. The first-order valence-corrected chi connectivity index (χ1v) is 6.72. The first kappa shape index (κ1) is 13.0. The molecule has 1 N–H and O–H groups in total. The summed E-state index contributed by atoms with van der Waals surface area (Å²) in [6, 6.07) is 2.68. The molecule has 0 heterocycles. The van der Waals surface area contributed by atoms with Crippen molar-refractivity contribution >= 4 is 15.9 Å². The second kappa shape index (κ2) is 5.44. The first-order chi connectivity index (χ1) is 8.09. The Morgan fingerprint density at radius 1 is 1.41 bits per heavy atom. The van der Waals surface area contributed by atoms with Gasteiger partial charge in [-0.3, -0.25) is 0 Å². The van der Waals surface area contributed by atoms with Crippen molar-refractivity contribution in [2.24, 2.45) is 11.8 Å². The third-order valence-corrected chi connectivity index (χ3v) is 3.95. The van der Waals surface area contributed by atoms with E-state index in [0.717, 1.165) is 12.5 Å². The van der Waals surface area contributed by atoms with E-state index in [0.29, 0.717) is 10.4 Å². The lowest BCUT2D eigenvalue weighted by Gasteiger charge is -2.12. The number of benzene rings is 1. The fraction of sp³-hybridized carbons (Fsp3) is 0.538. The molecule has 17 heavy (non-hydrogen) atoms. The summed E-state index contributed by atoms with van der Waals surface area (Å²) in [6.07, 6.45) is 2.59. The molecule has 0 spiro atoms. The van der Waals surface area contributed by atoms with Crippen LogP contribution >= 0.6 is 15.9 Å². The Morgan fingerprint density at radius 2 is 2.12 bits per heavy atom. The predicted molar refractivity (Wildman–Crippen MR) is 67.7 cm³/mol. The van der Waals surface area contributed by atoms with E-state index < -0.39 is 11.6 Å². The average molecular weight is 304 g/mol. The molecule has 0 aromatic heterocycles. The maximum Gasteiger partial charge on any atom is 0.144 e. The molecule has 0 amide bonds. The van der Waals surface area contributed by atoms with Gasteiger partial charge in [0.15, 0.2) is 0 Å². The van der Waals surface area contributed by atoms with Crippen LogP contribution in [0.2, 0.25) is 0 Å². The van der Waals surface area contributed by atoms with Gasteiger partial charge >= 0.3 is 0 Å². The normalized spacial score (nSPS) is 17.2. The van der Waals surface area contributed by atoms with Gasteiger partial charge in [-0.15, -0.1) is 0 Å². The predicted octanol–water partition coefficient (Wildman–Crippen LogP) is 3.86. The van der Waals surface area contributed by atoms with Crippen molar-refractivity contribution in [3.05, 3.63) is 33.8 Å². The summed E-state index contributed by atoms with van der Waals surface area (Å²) in [5, 5.41) is 3.13. The molecule has 0 radical (unpaired) electrons. The Kier molecular flexibility index (Phi) is 4.15. The van der Waals surface area contributed by atoms with Crippen LogP contribution < -0.4 is 5.32 Å². The first-order valence-electron chi connectivity index (χ1n) is 5.92. The van der Waals surface area contributed by atoms with Gasteiger partial charge in [0.1, 0.15) is 11.6 Å². The Morgan fingerprint density at radius 3 is 2.76 bits per heavy atom. The second-order valence-electron chi connectivity index (χ2n) is 4.77. The molecule has 1 fully saturated rings. The molecule has 0 bridgehead atoms. The smallest absolute Gasteiger partial charge is 0.144 e. The minimum absolute atomic E-state index is 0.113. The molecule has 0 saturated heterocycles. The molecule has 94 valence electrons. The zero-order chi connectivity index (χ0) is 12.4. The van der Waals surface area contributed by atoms with Gasteiger partial charge < -0.3 is 5.32 Å². The van der Waals surface area contributed by atoms with Gasteiger partial charge in [0.05, 0.1) is 4.47 Å². The van der Waals surface area contributed by atoms with E-state index in [-0.39, 0.29) is 12.1 Å². The fourth-order valence-corrected chi connectivity index (χ4v) is 2.36. The van der Waals surface area contributed by atoms with E-state index in [1.807, 2.05) is 0 Å². The number of hydrogen-bond donors (Lipinski definition) is 1. The molecular formula is C13H16BrF2N. The molecule has 1 atom stereocenters. The Hall–Kier alpha value is -0.480. The Bertz CT molecular complexity index is 405. The van der Waals surface area contributed by atoms with Gasteiger partial charge in [0.25, 0.3) is 0 Å². The highest BCUT2D eigenvalue weighted by molar-refractivity contribution is 9.10. The van der Waals surface area contributed by atoms with E-state index in [1.54, 1.807) is 0 Å². The molecule has 1 saturated carbocycles. The molecular weight excluding hydrogens is 288 g/mol. The third kappa shape index (κ3) is 3.26. The van der Waals surface area contributed by atoms with Gasteiger partial charge in [-0.2, -0.15) is 0 Å². The minimum atomic E-state index is -0.503. The summed E-state index contributed by atoms with van der Waals surface area (Å²) in [6.45, 7) is 3.24. The van der Waals surface area contributed by atoms with E-state index in [2.05, 4.69) is 28.2 Å². The molecule has 4 heteroatoms. The quantitative estimate of drug-likeness (QED) is 0.815. The summed E-state index contributed by atoms with van der Waals surface area (Å²) >= 11 is 3.06. The van der Waals surface area contributed by atoms with Crippen LogP contribution in [-0.2, 0) is 6.54 Å². The van der Waals surface area contributed by atoms with Gasteiger partial charge in [-0.25, -0.2) is 8.78 Å². The summed E-state index contributed by atoms with van der Waals surface area (Å²) < 4.78 is 27.4. The van der Waals surface area contributed by atoms with Crippen LogP contribution in [0, 0.1) is 23.5 Å². The highest BCUT2D eigenvalue weighted by Crippen LogP contribution is 2.36. The maximum absolute atomic E-state index is 13.6. The van der Waals surface area contributed by atoms with E-state index in [1.165, 1.54) is 25.0 Å². The molecule has 1 aromatic carbocycles. The number of nitrogens with one attached hydrogen (secondary N) is 1. The van der Waals surface area contributed by atoms with E-state index >= 15 is 0 Å². The largest absolute Gasteiger partial charge is 0.312 e. The summed E-state index contributed by atoms with van der Waals surface area (Å²) in [7, 11) is 0. The van der Waals surface area contributed by atoms with Crippen LogP contribution in [0.1, 0.15) is 25.3 Å². The van der Waals surface area contributed by atoms with Crippen LogP contribution in [-0.4, -0.2) is 6.54 Å². The van der Waals surface area contributed by atoms with Crippen LogP contribution in [0.25, 0.3) is 0 Å². The Labute approximate surface area is 109 Å². The van der Waals surface area contributed by atoms with E-state index in [9.17, 15) is 8.78 Å². The van der Waals surface area contributed by atoms with Crippen molar-refractivity contribution < 1.29 is 8.78 Å². The topological polar surface area (TPSA) is 12.0 Å². The molecule has 1 unspecified atom stereocenters. The van der Waals surface area contributed by atoms with Crippen LogP contribution in [0.4, 0.5) is 8.78 Å². The van der Waals surface area contributed by atoms with Gasteiger partial charge in [-0.1, -0.05) is 6.92 Å². The number of rotatable bonds is 5. The summed E-state index contributed by atoms with van der Waals surface area (Å²) in [5.74, 6) is 0.404. The van der Waals surface area contributed by atoms with Crippen LogP contribution in [0.5, 0.6) is 0 Å². The number of halogens is 3.